The first kappa shape index (κ1) is 27.7. The predicted octanol–water partition coefficient (Wildman–Crippen LogP) is 4.50. The molecule has 6 rings (SSSR count). The van der Waals surface area contributed by atoms with E-state index in [0.29, 0.717) is 29.7 Å². The van der Waals surface area contributed by atoms with Gasteiger partial charge in [-0.3, -0.25) is 14.4 Å². The number of cyclic esters (lactones) is 1. The number of rotatable bonds is 6. The topological polar surface area (TPSA) is 108 Å². The van der Waals surface area contributed by atoms with Crippen LogP contribution in [-0.2, 0) is 38.1 Å². The van der Waals surface area contributed by atoms with E-state index in [2.05, 4.69) is 13.8 Å². The number of carbonyl (C=O) groups excluding carboxylic acids is 4. The van der Waals surface area contributed by atoms with Crippen LogP contribution in [0.25, 0.3) is 0 Å². The summed E-state index contributed by atoms with van der Waals surface area (Å²) in [4.78, 5) is 49.7. The zero-order chi connectivity index (χ0) is 28.6. The van der Waals surface area contributed by atoms with Crippen molar-refractivity contribution in [3.05, 3.63) is 23.3 Å². The largest absolute Gasteiger partial charge is 0.465 e. The Morgan fingerprint density at radius 1 is 1.07 bits per heavy atom. The molecule has 4 fully saturated rings. The van der Waals surface area contributed by atoms with E-state index < -0.39 is 23.5 Å². The lowest BCUT2D eigenvalue weighted by Crippen LogP contribution is -2.60. The SMILES string of the molecule is CC(=O)OCC1=C(C)CC(C(COC(C)=O)C2CCC3C4CC5OC56CC=CC(=O)C6(C)C4CCC23C)OC1=O. The lowest BCUT2D eigenvalue weighted by Gasteiger charge is -2.57. The number of allylic oxidation sites excluding steroid dienone is 1. The summed E-state index contributed by atoms with van der Waals surface area (Å²) < 4.78 is 23.1. The van der Waals surface area contributed by atoms with Gasteiger partial charge < -0.3 is 18.9 Å². The molecule has 8 heteroatoms. The molecule has 3 saturated carbocycles. The van der Waals surface area contributed by atoms with Crippen molar-refractivity contribution in [3.63, 3.8) is 0 Å². The quantitative estimate of drug-likeness (QED) is 0.268. The van der Waals surface area contributed by atoms with Gasteiger partial charge in [-0.15, -0.1) is 0 Å². The van der Waals surface area contributed by atoms with Crippen LogP contribution in [0, 0.1) is 40.4 Å². The number of carbonyl (C=O) groups is 4. The summed E-state index contributed by atoms with van der Waals surface area (Å²) in [6, 6.07) is 0. The van der Waals surface area contributed by atoms with E-state index in [-0.39, 0.29) is 53.9 Å². The maximum absolute atomic E-state index is 13.4. The number of ketones is 1. The molecule has 0 radical (unpaired) electrons. The second kappa shape index (κ2) is 9.53. The Bertz CT molecular complexity index is 1200. The van der Waals surface area contributed by atoms with Crippen LogP contribution < -0.4 is 0 Å². The summed E-state index contributed by atoms with van der Waals surface area (Å²) in [5.74, 6) is 0.187. The minimum Gasteiger partial charge on any atom is -0.465 e. The van der Waals surface area contributed by atoms with Crippen LogP contribution in [-0.4, -0.2) is 54.7 Å². The van der Waals surface area contributed by atoms with Gasteiger partial charge in [-0.2, -0.15) is 0 Å². The fourth-order valence-corrected chi connectivity index (χ4v) is 9.99. The highest BCUT2D eigenvalue weighted by atomic mass is 16.6. The number of epoxide rings is 1. The first-order valence-corrected chi connectivity index (χ1v) is 15.0. The van der Waals surface area contributed by atoms with Crippen molar-refractivity contribution >= 4 is 23.7 Å². The Morgan fingerprint density at radius 3 is 2.52 bits per heavy atom. The van der Waals surface area contributed by atoms with Crippen molar-refractivity contribution in [2.24, 2.45) is 40.4 Å². The average molecular weight is 555 g/mol. The zero-order valence-corrected chi connectivity index (χ0v) is 24.3. The van der Waals surface area contributed by atoms with E-state index >= 15 is 0 Å². The van der Waals surface area contributed by atoms with Crippen molar-refractivity contribution in [3.8, 4) is 0 Å². The minimum absolute atomic E-state index is 0.0210. The summed E-state index contributed by atoms with van der Waals surface area (Å²) in [5, 5.41) is 0. The molecule has 218 valence electrons. The second-order valence-electron chi connectivity index (χ2n) is 13.7. The molecule has 2 aliphatic heterocycles. The molecule has 2 heterocycles. The Hall–Kier alpha value is -2.48. The molecular formula is C32H42O8. The second-order valence-corrected chi connectivity index (χ2v) is 13.7. The third-order valence-electron chi connectivity index (χ3n) is 12.1. The molecule has 10 unspecified atom stereocenters. The fourth-order valence-electron chi connectivity index (χ4n) is 9.99. The van der Waals surface area contributed by atoms with Crippen LogP contribution in [0.15, 0.2) is 23.3 Å². The van der Waals surface area contributed by atoms with Crippen LogP contribution in [0.5, 0.6) is 0 Å². The van der Waals surface area contributed by atoms with E-state index in [4.69, 9.17) is 18.9 Å². The Kier molecular flexibility index (Phi) is 6.60. The highest BCUT2D eigenvalue weighted by molar-refractivity contribution is 5.97. The molecule has 1 saturated heterocycles. The lowest BCUT2D eigenvalue weighted by molar-refractivity contribution is -0.160. The Balaban J connectivity index is 1.27. The first-order chi connectivity index (χ1) is 18.9. The molecule has 0 amide bonds. The number of fused-ring (bicyclic) bond motifs is 4. The fraction of sp³-hybridized carbons (Fsp3) is 0.750. The van der Waals surface area contributed by atoms with Crippen LogP contribution in [0.2, 0.25) is 0 Å². The van der Waals surface area contributed by atoms with Gasteiger partial charge in [0.15, 0.2) is 5.78 Å². The van der Waals surface area contributed by atoms with Crippen LogP contribution in [0.3, 0.4) is 0 Å². The predicted molar refractivity (Wildman–Crippen MR) is 144 cm³/mol. The molecule has 0 bridgehead atoms. The van der Waals surface area contributed by atoms with Gasteiger partial charge in [0, 0.05) is 26.2 Å². The highest BCUT2D eigenvalue weighted by Gasteiger charge is 2.77. The molecule has 4 aliphatic carbocycles. The van der Waals surface area contributed by atoms with Crippen molar-refractivity contribution in [2.45, 2.75) is 97.4 Å². The molecular weight excluding hydrogens is 512 g/mol. The molecule has 0 aromatic rings. The van der Waals surface area contributed by atoms with Gasteiger partial charge in [-0.25, -0.2) is 4.79 Å². The maximum Gasteiger partial charge on any atom is 0.337 e. The van der Waals surface area contributed by atoms with Gasteiger partial charge in [0.2, 0.25) is 0 Å². The van der Waals surface area contributed by atoms with E-state index in [0.717, 1.165) is 44.1 Å². The summed E-state index contributed by atoms with van der Waals surface area (Å²) in [5.41, 5.74) is 0.444. The standard InChI is InChI=1S/C32H42O8/c1-17-13-26(39-29(36)21(17)15-37-18(2)33)22(16-38-19(3)34)24-9-8-23-20-14-28-32(40-28)11-6-7-27(35)31(32,5)25(20)10-12-30(23,24)4/h6-7,20,22-26,28H,8-16H2,1-5H3. The molecule has 6 aliphatic rings. The van der Waals surface area contributed by atoms with Crippen molar-refractivity contribution in [1.29, 1.82) is 0 Å². The zero-order valence-electron chi connectivity index (χ0n) is 24.3. The molecule has 0 N–H and O–H groups in total. The summed E-state index contributed by atoms with van der Waals surface area (Å²) in [6.07, 6.45) is 9.85. The lowest BCUT2D eigenvalue weighted by atomic mass is 9.44. The molecule has 0 aromatic carbocycles. The maximum atomic E-state index is 13.4. The van der Waals surface area contributed by atoms with Gasteiger partial charge in [-0.05, 0) is 87.5 Å². The molecule has 8 nitrogen and oxygen atoms in total. The smallest absolute Gasteiger partial charge is 0.337 e. The molecule has 1 spiro atoms. The summed E-state index contributed by atoms with van der Waals surface area (Å²) >= 11 is 0. The number of esters is 3. The monoisotopic (exact) mass is 554 g/mol. The van der Waals surface area contributed by atoms with Crippen LogP contribution in [0.1, 0.15) is 79.6 Å². The Morgan fingerprint density at radius 2 is 1.82 bits per heavy atom. The van der Waals surface area contributed by atoms with Crippen molar-refractivity contribution in [2.75, 3.05) is 13.2 Å². The van der Waals surface area contributed by atoms with Crippen molar-refractivity contribution in [1.82, 2.24) is 0 Å². The van der Waals surface area contributed by atoms with Gasteiger partial charge >= 0.3 is 17.9 Å². The van der Waals surface area contributed by atoms with Crippen LogP contribution >= 0.6 is 0 Å². The summed E-state index contributed by atoms with van der Waals surface area (Å²) in [6.45, 7) is 9.28. The van der Waals surface area contributed by atoms with Gasteiger partial charge in [0.25, 0.3) is 0 Å². The van der Waals surface area contributed by atoms with Gasteiger partial charge in [0.1, 0.15) is 18.3 Å². The van der Waals surface area contributed by atoms with E-state index in [9.17, 15) is 19.2 Å². The third-order valence-corrected chi connectivity index (χ3v) is 12.1. The summed E-state index contributed by atoms with van der Waals surface area (Å²) in [7, 11) is 0. The van der Waals surface area contributed by atoms with Gasteiger partial charge in [0.05, 0.1) is 23.7 Å². The highest BCUT2D eigenvalue weighted by Crippen LogP contribution is 2.73. The molecule has 0 aromatic heterocycles. The third kappa shape index (κ3) is 3.95. The Labute approximate surface area is 236 Å². The molecule has 10 atom stereocenters. The first-order valence-electron chi connectivity index (χ1n) is 15.0. The average Bonchev–Trinajstić information content (AvgIpc) is 3.48. The number of hydrogen-bond donors (Lipinski definition) is 0. The van der Waals surface area contributed by atoms with Gasteiger partial charge in [-0.1, -0.05) is 18.6 Å². The van der Waals surface area contributed by atoms with E-state index in [1.54, 1.807) is 6.08 Å². The van der Waals surface area contributed by atoms with Crippen LogP contribution in [0.4, 0.5) is 0 Å². The number of ether oxygens (including phenoxy) is 4. The normalized spacial score (nSPS) is 44.0. The van der Waals surface area contributed by atoms with E-state index in [1.807, 2.05) is 13.0 Å². The molecule has 40 heavy (non-hydrogen) atoms. The number of hydrogen-bond acceptors (Lipinski definition) is 8. The van der Waals surface area contributed by atoms with E-state index in [1.165, 1.54) is 13.8 Å². The van der Waals surface area contributed by atoms with Crippen molar-refractivity contribution < 1.29 is 38.1 Å². The minimum atomic E-state index is -0.467.